The van der Waals surface area contributed by atoms with Crippen LogP contribution in [-0.4, -0.2) is 75.9 Å². The molecule has 150 valence electrons. The molecule has 0 aliphatic carbocycles. The molecule has 0 spiro atoms. The van der Waals surface area contributed by atoms with Gasteiger partial charge < -0.3 is 24.4 Å². The molecule has 9 heteroatoms. The number of hydrogen-bond donors (Lipinski definition) is 1. The predicted octanol–water partition coefficient (Wildman–Crippen LogP) is 1.10. The van der Waals surface area contributed by atoms with Crippen molar-refractivity contribution in [1.29, 1.82) is 0 Å². The van der Waals surface area contributed by atoms with E-state index in [4.69, 9.17) is 4.74 Å². The number of aryl methyl sites for hydroxylation is 1. The van der Waals surface area contributed by atoms with Gasteiger partial charge in [0, 0.05) is 57.7 Å². The highest BCUT2D eigenvalue weighted by Crippen LogP contribution is 2.35. The van der Waals surface area contributed by atoms with Crippen molar-refractivity contribution < 1.29 is 9.53 Å². The van der Waals surface area contributed by atoms with Gasteiger partial charge in [-0.15, -0.1) is 0 Å². The van der Waals surface area contributed by atoms with Crippen LogP contribution in [0.15, 0.2) is 12.7 Å². The van der Waals surface area contributed by atoms with E-state index in [-0.39, 0.29) is 12.1 Å². The molecule has 3 fully saturated rings. The van der Waals surface area contributed by atoms with Gasteiger partial charge in [0.2, 0.25) is 0 Å². The van der Waals surface area contributed by atoms with Crippen LogP contribution in [0.4, 0.5) is 10.6 Å². The van der Waals surface area contributed by atoms with Gasteiger partial charge in [-0.1, -0.05) is 0 Å². The number of ether oxygens (including phenoxy) is 1. The molecule has 0 bridgehead atoms. The zero-order chi connectivity index (χ0) is 19.1. The number of carbonyl (C=O) groups is 1. The summed E-state index contributed by atoms with van der Waals surface area (Å²) in [5.41, 5.74) is 1.76. The van der Waals surface area contributed by atoms with Crippen LogP contribution in [0.5, 0.6) is 0 Å². The summed E-state index contributed by atoms with van der Waals surface area (Å²) in [7, 11) is 0. The van der Waals surface area contributed by atoms with Crippen molar-refractivity contribution in [2.24, 2.45) is 11.8 Å². The third-order valence-electron chi connectivity index (χ3n) is 6.30. The number of imidazole rings is 1. The Kier molecular flexibility index (Phi) is 4.54. The van der Waals surface area contributed by atoms with Crippen LogP contribution in [0.2, 0.25) is 0 Å². The van der Waals surface area contributed by atoms with E-state index in [0.29, 0.717) is 18.4 Å². The SMILES string of the molecule is CCn1cnc2c(N3CC4CN(C(=O)NCC5CCCO5)CC4C3)ncnc21. The van der Waals surface area contributed by atoms with Crippen molar-refractivity contribution in [2.75, 3.05) is 44.2 Å². The summed E-state index contributed by atoms with van der Waals surface area (Å²) in [6.45, 7) is 7.78. The summed E-state index contributed by atoms with van der Waals surface area (Å²) in [4.78, 5) is 30.2. The normalized spacial score (nSPS) is 27.0. The maximum absolute atomic E-state index is 12.5. The van der Waals surface area contributed by atoms with Crippen molar-refractivity contribution in [3.05, 3.63) is 12.7 Å². The van der Waals surface area contributed by atoms with E-state index in [0.717, 1.165) is 69.2 Å². The van der Waals surface area contributed by atoms with Crippen molar-refractivity contribution in [1.82, 2.24) is 29.7 Å². The topological polar surface area (TPSA) is 88.4 Å². The van der Waals surface area contributed by atoms with E-state index in [1.807, 2.05) is 15.8 Å². The highest BCUT2D eigenvalue weighted by atomic mass is 16.5. The Morgan fingerprint density at radius 2 is 2.04 bits per heavy atom. The highest BCUT2D eigenvalue weighted by molar-refractivity contribution is 5.83. The molecule has 2 aromatic rings. The lowest BCUT2D eigenvalue weighted by Crippen LogP contribution is -2.43. The molecule has 2 aromatic heterocycles. The van der Waals surface area contributed by atoms with E-state index in [1.165, 1.54) is 0 Å². The van der Waals surface area contributed by atoms with Gasteiger partial charge in [-0.05, 0) is 19.8 Å². The molecule has 5 heterocycles. The summed E-state index contributed by atoms with van der Waals surface area (Å²) in [5, 5.41) is 3.05. The summed E-state index contributed by atoms with van der Waals surface area (Å²) in [6.07, 6.45) is 5.79. The van der Waals surface area contributed by atoms with Crippen molar-refractivity contribution in [3.8, 4) is 0 Å². The quantitative estimate of drug-likeness (QED) is 0.848. The van der Waals surface area contributed by atoms with Crippen LogP contribution < -0.4 is 10.2 Å². The van der Waals surface area contributed by atoms with Crippen LogP contribution in [-0.2, 0) is 11.3 Å². The smallest absolute Gasteiger partial charge is 0.317 e. The summed E-state index contributed by atoms with van der Waals surface area (Å²) >= 11 is 0. The zero-order valence-electron chi connectivity index (χ0n) is 16.3. The Morgan fingerprint density at radius 1 is 1.21 bits per heavy atom. The number of nitrogens with one attached hydrogen (secondary N) is 1. The average molecular weight is 385 g/mol. The van der Waals surface area contributed by atoms with Crippen LogP contribution in [0.25, 0.3) is 11.2 Å². The molecule has 1 N–H and O–H groups in total. The zero-order valence-corrected chi connectivity index (χ0v) is 16.3. The second kappa shape index (κ2) is 7.20. The average Bonchev–Trinajstić information content (AvgIpc) is 3.48. The van der Waals surface area contributed by atoms with Gasteiger partial charge in [-0.2, -0.15) is 0 Å². The molecule has 0 aromatic carbocycles. The summed E-state index contributed by atoms with van der Waals surface area (Å²) in [5.74, 6) is 1.87. The van der Waals surface area contributed by atoms with Gasteiger partial charge >= 0.3 is 6.03 Å². The number of hydrogen-bond acceptors (Lipinski definition) is 6. The molecule has 3 atom stereocenters. The maximum atomic E-state index is 12.5. The molecule has 3 unspecified atom stereocenters. The minimum atomic E-state index is 0.0440. The summed E-state index contributed by atoms with van der Waals surface area (Å²) < 4.78 is 7.63. The minimum Gasteiger partial charge on any atom is -0.376 e. The van der Waals surface area contributed by atoms with E-state index in [2.05, 4.69) is 32.1 Å². The molecule has 5 rings (SSSR count). The summed E-state index contributed by atoms with van der Waals surface area (Å²) in [6, 6.07) is 0.0440. The molecule has 3 aliphatic heterocycles. The number of carbonyl (C=O) groups excluding carboxylic acids is 1. The first-order valence-electron chi connectivity index (χ1n) is 10.3. The maximum Gasteiger partial charge on any atom is 0.317 e. The first-order chi connectivity index (χ1) is 13.7. The van der Waals surface area contributed by atoms with Crippen LogP contribution >= 0.6 is 0 Å². The Labute approximate surface area is 164 Å². The monoisotopic (exact) mass is 385 g/mol. The van der Waals surface area contributed by atoms with Gasteiger partial charge in [0.15, 0.2) is 17.0 Å². The number of anilines is 1. The minimum absolute atomic E-state index is 0.0440. The standard InChI is InChI=1S/C19H27N7O2/c1-2-24-12-23-16-17(24)21-11-22-18(16)25-7-13-9-26(10-14(13)8-25)19(27)20-6-15-4-3-5-28-15/h11-15H,2-10H2,1H3,(H,20,27). The van der Waals surface area contributed by atoms with Gasteiger partial charge in [0.1, 0.15) is 6.33 Å². The largest absolute Gasteiger partial charge is 0.376 e. The van der Waals surface area contributed by atoms with Gasteiger partial charge in [-0.25, -0.2) is 19.7 Å². The Hall–Kier alpha value is -2.42. The molecule has 28 heavy (non-hydrogen) atoms. The first kappa shape index (κ1) is 17.7. The van der Waals surface area contributed by atoms with E-state index < -0.39 is 0 Å². The van der Waals surface area contributed by atoms with Crippen molar-refractivity contribution in [3.63, 3.8) is 0 Å². The van der Waals surface area contributed by atoms with Crippen LogP contribution in [0.1, 0.15) is 19.8 Å². The molecule has 9 nitrogen and oxygen atoms in total. The van der Waals surface area contributed by atoms with Gasteiger partial charge in [-0.3, -0.25) is 0 Å². The number of likely N-dealkylation sites (tertiary alicyclic amines) is 1. The molecular formula is C19H27N7O2. The predicted molar refractivity (Wildman–Crippen MR) is 104 cm³/mol. The van der Waals surface area contributed by atoms with E-state index >= 15 is 0 Å². The number of rotatable bonds is 4. The van der Waals surface area contributed by atoms with Crippen molar-refractivity contribution >= 4 is 23.0 Å². The fourth-order valence-corrected chi connectivity index (χ4v) is 4.78. The number of aromatic nitrogens is 4. The third kappa shape index (κ3) is 3.07. The number of nitrogens with zero attached hydrogens (tertiary/aromatic N) is 6. The molecule has 3 saturated heterocycles. The fourth-order valence-electron chi connectivity index (χ4n) is 4.78. The highest BCUT2D eigenvalue weighted by Gasteiger charge is 2.42. The Morgan fingerprint density at radius 3 is 2.75 bits per heavy atom. The Bertz CT molecular complexity index is 849. The van der Waals surface area contributed by atoms with E-state index in [9.17, 15) is 4.79 Å². The number of fused-ring (bicyclic) bond motifs is 2. The molecule has 0 saturated carbocycles. The third-order valence-corrected chi connectivity index (χ3v) is 6.30. The first-order valence-corrected chi connectivity index (χ1v) is 10.3. The molecule has 2 amide bonds. The Balaban J connectivity index is 1.21. The molecule has 3 aliphatic rings. The van der Waals surface area contributed by atoms with Gasteiger partial charge in [0.25, 0.3) is 0 Å². The fraction of sp³-hybridized carbons (Fsp3) is 0.684. The lowest BCUT2D eigenvalue weighted by atomic mass is 10.0. The van der Waals surface area contributed by atoms with Crippen LogP contribution in [0, 0.1) is 11.8 Å². The second-order valence-corrected chi connectivity index (χ2v) is 8.05. The lowest BCUT2D eigenvalue weighted by molar-refractivity contribution is 0.109. The second-order valence-electron chi connectivity index (χ2n) is 8.05. The van der Waals surface area contributed by atoms with Gasteiger partial charge in [0.05, 0.1) is 12.4 Å². The van der Waals surface area contributed by atoms with Crippen LogP contribution in [0.3, 0.4) is 0 Å². The van der Waals surface area contributed by atoms with Crippen molar-refractivity contribution in [2.45, 2.75) is 32.4 Å². The number of amides is 2. The number of urea groups is 1. The van der Waals surface area contributed by atoms with E-state index in [1.54, 1.807) is 6.33 Å². The molecule has 0 radical (unpaired) electrons. The molecular weight excluding hydrogens is 358 g/mol. The lowest BCUT2D eigenvalue weighted by Gasteiger charge is -2.23.